The first kappa shape index (κ1) is 32.5. The molecular weight excluding hydrogens is 615 g/mol. The molecule has 0 radical (unpaired) electrons. The van der Waals surface area contributed by atoms with E-state index >= 15 is 0 Å². The minimum atomic E-state index is 0.516. The van der Waals surface area contributed by atoms with Gasteiger partial charge in [-0.15, -0.1) is 0 Å². The number of anilines is 2. The van der Waals surface area contributed by atoms with Gasteiger partial charge in [-0.3, -0.25) is 0 Å². The Morgan fingerprint density at radius 1 is 0.549 bits per heavy atom. The predicted octanol–water partition coefficient (Wildman–Crippen LogP) is 13.1. The van der Waals surface area contributed by atoms with E-state index in [-0.39, 0.29) is 0 Å². The Kier molecular flexibility index (Phi) is 9.12. The van der Waals surface area contributed by atoms with Crippen LogP contribution in [0.2, 0.25) is 0 Å². The number of hydrogen-bond acceptors (Lipinski definition) is 1. The second kappa shape index (κ2) is 14.3. The van der Waals surface area contributed by atoms with E-state index < -0.39 is 0 Å². The van der Waals surface area contributed by atoms with Crippen molar-refractivity contribution in [1.82, 2.24) is 0 Å². The summed E-state index contributed by atoms with van der Waals surface area (Å²) in [4.78, 5) is 2.62. The highest BCUT2D eigenvalue weighted by molar-refractivity contribution is 5.92. The van der Waals surface area contributed by atoms with E-state index in [1.165, 1.54) is 97.4 Å². The topological polar surface area (TPSA) is 3.24 Å². The zero-order chi connectivity index (χ0) is 34.7. The maximum atomic E-state index is 2.62. The third kappa shape index (κ3) is 6.90. The second-order valence-electron chi connectivity index (χ2n) is 14.3. The van der Waals surface area contributed by atoms with E-state index in [2.05, 4.69) is 196 Å². The normalized spacial score (nSPS) is 16.7. The monoisotopic (exact) mass is 659 g/mol. The average Bonchev–Trinajstić information content (AvgIpc) is 3.76. The van der Waals surface area contributed by atoms with Gasteiger partial charge in [0, 0.05) is 23.3 Å². The van der Waals surface area contributed by atoms with Crippen molar-refractivity contribution >= 4 is 34.7 Å². The molecule has 2 aliphatic rings. The fraction of sp³-hybridized carbons (Fsp3) is 0.160. The maximum absolute atomic E-state index is 2.62. The van der Waals surface area contributed by atoms with Crippen LogP contribution in [0.5, 0.6) is 0 Å². The van der Waals surface area contributed by atoms with Crippen LogP contribution in [0.3, 0.4) is 0 Å². The second-order valence-corrected chi connectivity index (χ2v) is 14.3. The minimum absolute atomic E-state index is 0.516. The third-order valence-corrected chi connectivity index (χ3v) is 10.7. The quantitative estimate of drug-likeness (QED) is 0.116. The van der Waals surface area contributed by atoms with Gasteiger partial charge in [0.15, 0.2) is 0 Å². The Bertz CT molecular complexity index is 2170. The lowest BCUT2D eigenvalue weighted by Crippen LogP contribution is -2.26. The first-order chi connectivity index (χ1) is 25.0. The zero-order valence-corrected chi connectivity index (χ0v) is 29.9. The van der Waals surface area contributed by atoms with Gasteiger partial charge >= 0.3 is 0 Å². The van der Waals surface area contributed by atoms with Gasteiger partial charge in [-0.25, -0.2) is 0 Å². The molecule has 6 aromatic rings. The Hall–Kier alpha value is -5.66. The molecule has 6 aromatic carbocycles. The molecule has 0 saturated heterocycles. The molecular formula is C50H45N. The fourth-order valence-electron chi connectivity index (χ4n) is 7.98. The Morgan fingerprint density at radius 3 is 1.71 bits per heavy atom. The van der Waals surface area contributed by atoms with Crippen LogP contribution in [-0.2, 0) is 0 Å². The van der Waals surface area contributed by atoms with Crippen LogP contribution < -0.4 is 4.90 Å². The van der Waals surface area contributed by atoms with Crippen molar-refractivity contribution in [3.8, 4) is 0 Å². The van der Waals surface area contributed by atoms with Crippen LogP contribution >= 0.6 is 0 Å². The first-order valence-corrected chi connectivity index (χ1v) is 18.4. The summed E-state index contributed by atoms with van der Waals surface area (Å²) in [6, 6.07) is 54.1. The van der Waals surface area contributed by atoms with Crippen LogP contribution in [0, 0.1) is 20.8 Å². The molecule has 1 heteroatoms. The summed E-state index contributed by atoms with van der Waals surface area (Å²) in [6.45, 7) is 6.43. The summed E-state index contributed by atoms with van der Waals surface area (Å²) in [5.41, 5.74) is 17.9. The number of nitrogens with zero attached hydrogens (tertiary/aromatic N) is 1. The van der Waals surface area contributed by atoms with Crippen molar-refractivity contribution in [2.45, 2.75) is 52.0 Å². The maximum Gasteiger partial charge on any atom is 0.0450 e. The Balaban J connectivity index is 1.08. The molecule has 0 N–H and O–H groups in total. The van der Waals surface area contributed by atoms with Crippen molar-refractivity contribution in [2.75, 3.05) is 4.90 Å². The molecule has 8 rings (SSSR count). The third-order valence-electron chi connectivity index (χ3n) is 10.7. The van der Waals surface area contributed by atoms with Crippen molar-refractivity contribution in [2.24, 2.45) is 0 Å². The van der Waals surface area contributed by atoms with Crippen LogP contribution in [0.4, 0.5) is 11.4 Å². The molecule has 1 fully saturated rings. The summed E-state index contributed by atoms with van der Waals surface area (Å²) >= 11 is 0. The molecule has 1 saturated carbocycles. The van der Waals surface area contributed by atoms with Gasteiger partial charge in [0.05, 0.1) is 0 Å². The average molecular weight is 660 g/mol. The summed E-state index contributed by atoms with van der Waals surface area (Å²) in [5, 5.41) is 0. The van der Waals surface area contributed by atoms with E-state index in [1.807, 2.05) is 0 Å². The highest BCUT2D eigenvalue weighted by Gasteiger charge is 2.42. The number of hydrogen-bond donors (Lipinski definition) is 0. The van der Waals surface area contributed by atoms with Crippen molar-refractivity contribution in [3.63, 3.8) is 0 Å². The van der Waals surface area contributed by atoms with Crippen LogP contribution in [0.25, 0.3) is 23.3 Å². The molecule has 2 atom stereocenters. The number of allylic oxidation sites excluding steroid dienone is 2. The lowest BCUT2D eigenvalue weighted by Gasteiger charge is -2.27. The number of fused-ring (bicyclic) bond motifs is 3. The molecule has 0 spiro atoms. The zero-order valence-electron chi connectivity index (χ0n) is 29.9. The van der Waals surface area contributed by atoms with E-state index in [4.69, 9.17) is 0 Å². The standard InChI is InChI=1S/C50H45N/c1-35-15-24-41(25-16-35)45(40-10-5-4-6-11-40)12-7-9-38-23-32-50-48(34-38)46-13-8-14-49(46)51(50)44-30-21-39(22-31-44)33-47(42-26-17-36(2)18-27-42)43-28-19-37(3)20-29-43/h4-7,9-12,15-34,46,49H,8,13-14H2,1-3H3. The highest BCUT2D eigenvalue weighted by Crippen LogP contribution is 2.52. The number of rotatable bonds is 8. The lowest BCUT2D eigenvalue weighted by molar-refractivity contribution is 0.642. The molecule has 0 aromatic heterocycles. The van der Waals surface area contributed by atoms with Crippen molar-refractivity contribution < 1.29 is 0 Å². The van der Waals surface area contributed by atoms with Gasteiger partial charge in [-0.1, -0.05) is 163 Å². The summed E-state index contributed by atoms with van der Waals surface area (Å²) < 4.78 is 0. The Labute approximate surface area is 304 Å². The highest BCUT2D eigenvalue weighted by atomic mass is 15.2. The molecule has 51 heavy (non-hydrogen) atoms. The van der Waals surface area contributed by atoms with Crippen molar-refractivity contribution in [1.29, 1.82) is 0 Å². The molecule has 1 nitrogen and oxygen atoms in total. The summed E-state index contributed by atoms with van der Waals surface area (Å²) in [5.74, 6) is 0.575. The smallest absolute Gasteiger partial charge is 0.0450 e. The Morgan fingerprint density at radius 2 is 1.10 bits per heavy atom. The molecule has 250 valence electrons. The molecule has 1 aliphatic heterocycles. The lowest BCUT2D eigenvalue weighted by atomic mass is 9.94. The van der Waals surface area contributed by atoms with Gasteiger partial charge < -0.3 is 4.90 Å². The van der Waals surface area contributed by atoms with Gasteiger partial charge in [0.1, 0.15) is 0 Å². The molecule has 1 aliphatic carbocycles. The largest absolute Gasteiger partial charge is 0.338 e. The molecule has 2 unspecified atom stereocenters. The van der Waals surface area contributed by atoms with Crippen LogP contribution in [0.15, 0.2) is 158 Å². The molecule has 1 heterocycles. The van der Waals surface area contributed by atoms with E-state index in [1.54, 1.807) is 0 Å². The predicted molar refractivity (Wildman–Crippen MR) is 218 cm³/mol. The van der Waals surface area contributed by atoms with E-state index in [0.717, 1.165) is 0 Å². The van der Waals surface area contributed by atoms with Crippen molar-refractivity contribution in [3.05, 3.63) is 213 Å². The van der Waals surface area contributed by atoms with Gasteiger partial charge in [-0.2, -0.15) is 0 Å². The molecule has 0 bridgehead atoms. The fourth-order valence-corrected chi connectivity index (χ4v) is 7.98. The van der Waals surface area contributed by atoms with Gasteiger partial charge in [0.2, 0.25) is 0 Å². The van der Waals surface area contributed by atoms with Gasteiger partial charge in [0.25, 0.3) is 0 Å². The van der Waals surface area contributed by atoms with Crippen LogP contribution in [0.1, 0.15) is 80.8 Å². The number of benzene rings is 6. The van der Waals surface area contributed by atoms with E-state index in [0.29, 0.717) is 12.0 Å². The molecule has 0 amide bonds. The van der Waals surface area contributed by atoms with E-state index in [9.17, 15) is 0 Å². The SMILES string of the molecule is Cc1ccc(C(=CC=Cc2ccc3c(c2)C2CCCC2N3c2ccc(C=C(c3ccc(C)cc3)c3ccc(C)cc3)cc2)c2ccccc2)cc1. The van der Waals surface area contributed by atoms with Crippen LogP contribution in [-0.4, -0.2) is 6.04 Å². The minimum Gasteiger partial charge on any atom is -0.338 e. The number of aryl methyl sites for hydroxylation is 3. The van der Waals surface area contributed by atoms with Gasteiger partial charge in [-0.05, 0) is 114 Å². The summed E-state index contributed by atoms with van der Waals surface area (Å²) in [7, 11) is 0. The first-order valence-electron chi connectivity index (χ1n) is 18.4. The summed E-state index contributed by atoms with van der Waals surface area (Å²) in [6.07, 6.45) is 12.9.